The molecule has 1 heterocycles. The van der Waals surface area contributed by atoms with Crippen molar-refractivity contribution in [3.63, 3.8) is 0 Å². The summed E-state index contributed by atoms with van der Waals surface area (Å²) in [5.74, 6) is 0. The lowest BCUT2D eigenvalue weighted by Crippen LogP contribution is -1.94. The van der Waals surface area contributed by atoms with Crippen molar-refractivity contribution >= 4 is 33.0 Å². The molecule has 0 radical (unpaired) electrons. The van der Waals surface area contributed by atoms with Crippen LogP contribution in [0.1, 0.15) is 16.0 Å². The molecule has 0 bridgehead atoms. The minimum atomic E-state index is 0.888. The van der Waals surface area contributed by atoms with Gasteiger partial charge in [0.05, 0.1) is 3.79 Å². The summed E-state index contributed by atoms with van der Waals surface area (Å²) in [4.78, 5) is 1.33. The minimum absolute atomic E-state index is 0.888. The number of hydrogen-bond acceptors (Lipinski definition) is 2. The van der Waals surface area contributed by atoms with E-state index in [1.165, 1.54) is 19.8 Å². The second-order valence-corrected chi connectivity index (χ2v) is 6.13. The van der Waals surface area contributed by atoms with E-state index in [4.69, 9.17) is 5.73 Å². The highest BCUT2D eigenvalue weighted by Crippen LogP contribution is 2.26. The van der Waals surface area contributed by atoms with Crippen molar-refractivity contribution in [3.05, 3.63) is 50.1 Å². The smallest absolute Gasteiger partial charge is 0.0701 e. The molecule has 1 aromatic heterocycles. The molecule has 0 unspecified atom stereocenters. The predicted octanol–water partition coefficient (Wildman–Crippen LogP) is 3.99. The van der Waals surface area contributed by atoms with Crippen LogP contribution in [0.25, 0.3) is 0 Å². The monoisotopic (exact) mass is 281 g/mol. The molecular weight excluding hydrogens is 270 g/mol. The maximum Gasteiger partial charge on any atom is 0.0701 e. The summed E-state index contributed by atoms with van der Waals surface area (Å²) in [5, 5.41) is 0. The molecule has 0 spiro atoms. The largest absolute Gasteiger partial charge is 0.398 e. The van der Waals surface area contributed by atoms with Crippen LogP contribution < -0.4 is 5.73 Å². The van der Waals surface area contributed by atoms with Crippen LogP contribution in [0.4, 0.5) is 5.69 Å². The molecule has 1 nitrogen and oxygen atoms in total. The lowest BCUT2D eigenvalue weighted by molar-refractivity contribution is 1.24. The summed E-state index contributed by atoms with van der Waals surface area (Å²) >= 11 is 5.22. The molecule has 2 aromatic rings. The molecule has 2 N–H and O–H groups in total. The first-order valence-electron chi connectivity index (χ1n) is 4.74. The summed E-state index contributed by atoms with van der Waals surface area (Å²) in [6.07, 6.45) is 0.919. The summed E-state index contributed by atoms with van der Waals surface area (Å²) in [7, 11) is 0. The van der Waals surface area contributed by atoms with E-state index in [1.807, 2.05) is 6.07 Å². The fraction of sp³-hybridized carbons (Fsp3) is 0.167. The van der Waals surface area contributed by atoms with E-state index in [0.29, 0.717) is 0 Å². The van der Waals surface area contributed by atoms with Crippen molar-refractivity contribution in [2.24, 2.45) is 0 Å². The molecule has 0 amide bonds. The fourth-order valence-corrected chi connectivity index (χ4v) is 3.02. The number of halogens is 1. The van der Waals surface area contributed by atoms with Gasteiger partial charge in [0, 0.05) is 17.0 Å². The molecule has 0 saturated carbocycles. The first-order chi connectivity index (χ1) is 7.15. The zero-order valence-electron chi connectivity index (χ0n) is 8.46. The van der Waals surface area contributed by atoms with E-state index in [2.05, 4.69) is 47.1 Å². The number of hydrogen-bond donors (Lipinski definition) is 1. The van der Waals surface area contributed by atoms with Gasteiger partial charge in [-0.15, -0.1) is 11.3 Å². The molecule has 0 saturated heterocycles. The van der Waals surface area contributed by atoms with E-state index in [1.54, 1.807) is 11.3 Å². The van der Waals surface area contributed by atoms with E-state index < -0.39 is 0 Å². The quantitative estimate of drug-likeness (QED) is 0.828. The first kappa shape index (κ1) is 10.7. The van der Waals surface area contributed by atoms with Crippen LogP contribution in [0.5, 0.6) is 0 Å². The molecule has 0 aliphatic rings. The minimum Gasteiger partial charge on any atom is -0.398 e. The second-order valence-electron chi connectivity index (χ2n) is 3.58. The topological polar surface area (TPSA) is 26.0 Å². The Bertz CT molecular complexity index is 476. The zero-order chi connectivity index (χ0) is 10.8. The Hall–Kier alpha value is -0.800. The predicted molar refractivity (Wildman–Crippen MR) is 70.4 cm³/mol. The van der Waals surface area contributed by atoms with Crippen LogP contribution in [0.3, 0.4) is 0 Å². The van der Waals surface area contributed by atoms with Gasteiger partial charge in [-0.2, -0.15) is 0 Å². The van der Waals surface area contributed by atoms with Crippen LogP contribution in [0.2, 0.25) is 0 Å². The average molecular weight is 282 g/mol. The number of aryl methyl sites for hydroxylation is 1. The number of anilines is 1. The van der Waals surface area contributed by atoms with Gasteiger partial charge in [-0.3, -0.25) is 0 Å². The summed E-state index contributed by atoms with van der Waals surface area (Å²) in [6.45, 7) is 2.06. The summed E-state index contributed by atoms with van der Waals surface area (Å²) in [6, 6.07) is 10.4. The Kier molecular flexibility index (Phi) is 3.12. The van der Waals surface area contributed by atoms with Crippen molar-refractivity contribution in [1.29, 1.82) is 0 Å². The Morgan fingerprint density at radius 3 is 2.67 bits per heavy atom. The SMILES string of the molecule is Cc1ccc(Cc2ccc(Br)s2)c(N)c1. The second kappa shape index (κ2) is 4.37. The molecule has 15 heavy (non-hydrogen) atoms. The lowest BCUT2D eigenvalue weighted by atomic mass is 10.1. The molecule has 0 aliphatic heterocycles. The average Bonchev–Trinajstić information content (AvgIpc) is 2.56. The Labute approximate surface area is 102 Å². The standard InChI is InChI=1S/C12H12BrNS/c1-8-2-3-9(11(14)6-8)7-10-4-5-12(13)15-10/h2-6H,7,14H2,1H3. The third-order valence-corrected chi connectivity index (χ3v) is 3.92. The van der Waals surface area contributed by atoms with Gasteiger partial charge in [0.15, 0.2) is 0 Å². The van der Waals surface area contributed by atoms with Gasteiger partial charge >= 0.3 is 0 Å². The van der Waals surface area contributed by atoms with Gasteiger partial charge in [-0.1, -0.05) is 12.1 Å². The summed E-state index contributed by atoms with van der Waals surface area (Å²) in [5.41, 5.74) is 9.27. The van der Waals surface area contributed by atoms with Crippen molar-refractivity contribution in [2.75, 3.05) is 5.73 Å². The first-order valence-corrected chi connectivity index (χ1v) is 6.35. The fourth-order valence-electron chi connectivity index (χ4n) is 1.51. The molecule has 3 heteroatoms. The molecule has 78 valence electrons. The number of nitrogens with two attached hydrogens (primary N) is 1. The van der Waals surface area contributed by atoms with Crippen molar-refractivity contribution in [2.45, 2.75) is 13.3 Å². The third-order valence-electron chi connectivity index (χ3n) is 2.29. The van der Waals surface area contributed by atoms with Crippen molar-refractivity contribution in [3.8, 4) is 0 Å². The van der Waals surface area contributed by atoms with Crippen LogP contribution >= 0.6 is 27.3 Å². The number of thiophene rings is 1. The van der Waals surface area contributed by atoms with Gasteiger partial charge in [0.2, 0.25) is 0 Å². The molecule has 0 aliphatic carbocycles. The lowest BCUT2D eigenvalue weighted by Gasteiger charge is -2.04. The van der Waals surface area contributed by atoms with Crippen molar-refractivity contribution < 1.29 is 0 Å². The maximum absolute atomic E-state index is 5.97. The molecule has 2 rings (SSSR count). The number of rotatable bonds is 2. The van der Waals surface area contributed by atoms with Crippen LogP contribution in [-0.2, 0) is 6.42 Å². The van der Waals surface area contributed by atoms with Gasteiger partial charge in [0.1, 0.15) is 0 Å². The molecular formula is C12H12BrNS. The number of benzene rings is 1. The van der Waals surface area contributed by atoms with E-state index in [-0.39, 0.29) is 0 Å². The van der Waals surface area contributed by atoms with E-state index in [0.717, 1.165) is 12.1 Å². The zero-order valence-corrected chi connectivity index (χ0v) is 10.9. The highest BCUT2D eigenvalue weighted by Gasteiger charge is 2.03. The Balaban J connectivity index is 2.24. The molecule has 0 atom stereocenters. The van der Waals surface area contributed by atoms with Gasteiger partial charge in [0.25, 0.3) is 0 Å². The normalized spacial score (nSPS) is 10.5. The third kappa shape index (κ3) is 2.61. The van der Waals surface area contributed by atoms with E-state index in [9.17, 15) is 0 Å². The van der Waals surface area contributed by atoms with Crippen LogP contribution in [-0.4, -0.2) is 0 Å². The van der Waals surface area contributed by atoms with Crippen molar-refractivity contribution in [1.82, 2.24) is 0 Å². The van der Waals surface area contributed by atoms with E-state index >= 15 is 0 Å². The Morgan fingerprint density at radius 1 is 1.27 bits per heavy atom. The summed E-state index contributed by atoms with van der Waals surface area (Å²) < 4.78 is 1.17. The van der Waals surface area contributed by atoms with Crippen LogP contribution in [0.15, 0.2) is 34.1 Å². The van der Waals surface area contributed by atoms with Gasteiger partial charge in [-0.25, -0.2) is 0 Å². The van der Waals surface area contributed by atoms with Gasteiger partial charge in [-0.05, 0) is 52.2 Å². The molecule has 1 aromatic carbocycles. The Morgan fingerprint density at radius 2 is 2.07 bits per heavy atom. The maximum atomic E-state index is 5.97. The molecule has 0 fully saturated rings. The highest BCUT2D eigenvalue weighted by atomic mass is 79.9. The van der Waals surface area contributed by atoms with Crippen LogP contribution in [0, 0.1) is 6.92 Å². The number of nitrogen functional groups attached to an aromatic ring is 1. The highest BCUT2D eigenvalue weighted by molar-refractivity contribution is 9.11. The van der Waals surface area contributed by atoms with Gasteiger partial charge < -0.3 is 5.73 Å².